The summed E-state index contributed by atoms with van der Waals surface area (Å²) in [4.78, 5) is 23.2. The van der Waals surface area contributed by atoms with E-state index < -0.39 is 12.1 Å². The number of nitrogens with two attached hydrogens (primary N) is 1. The molecule has 1 amide bonds. The molecule has 166 valence electrons. The van der Waals surface area contributed by atoms with E-state index in [1.165, 1.54) is 17.4 Å². The maximum Gasteiger partial charge on any atom is 0.490 e. The molecule has 0 aliphatic carbocycles. The molecule has 1 aliphatic heterocycles. The fraction of sp³-hybridized carbons (Fsp3) is 0.211. The van der Waals surface area contributed by atoms with Crippen molar-refractivity contribution < 1.29 is 32.3 Å². The van der Waals surface area contributed by atoms with Crippen LogP contribution in [0.2, 0.25) is 0 Å². The second kappa shape index (κ2) is 10.1. The van der Waals surface area contributed by atoms with Crippen molar-refractivity contribution in [2.45, 2.75) is 12.6 Å². The summed E-state index contributed by atoms with van der Waals surface area (Å²) in [5.74, 6) is -3.35. The number of hydrogen-bond donors (Lipinski definition) is 4. The van der Waals surface area contributed by atoms with E-state index in [-0.39, 0.29) is 17.7 Å². The molecule has 2 heterocycles. The van der Waals surface area contributed by atoms with Crippen LogP contribution in [0.1, 0.15) is 21.7 Å². The van der Waals surface area contributed by atoms with Gasteiger partial charge >= 0.3 is 12.1 Å². The highest BCUT2D eigenvalue weighted by atomic mass is 32.1. The summed E-state index contributed by atoms with van der Waals surface area (Å²) in [5, 5.41) is 19.1. The maximum absolute atomic E-state index is 14.4. The van der Waals surface area contributed by atoms with Crippen molar-refractivity contribution in [3.8, 4) is 0 Å². The summed E-state index contributed by atoms with van der Waals surface area (Å²) in [6, 6.07) is 8.22. The molecule has 0 unspecified atom stereocenters. The minimum atomic E-state index is -5.08. The fourth-order valence-corrected chi connectivity index (χ4v) is 3.21. The van der Waals surface area contributed by atoms with Crippen molar-refractivity contribution in [2.75, 3.05) is 18.4 Å². The van der Waals surface area contributed by atoms with E-state index in [1.807, 2.05) is 11.5 Å². The van der Waals surface area contributed by atoms with Gasteiger partial charge < -0.3 is 21.1 Å². The highest BCUT2D eigenvalue weighted by molar-refractivity contribution is 7.12. The first-order valence-corrected chi connectivity index (χ1v) is 9.60. The van der Waals surface area contributed by atoms with Gasteiger partial charge in [0.05, 0.1) is 4.88 Å². The number of aliphatic carboxylic acids is 1. The van der Waals surface area contributed by atoms with Crippen LogP contribution < -0.4 is 11.1 Å². The molecule has 0 fully saturated rings. The normalized spacial score (nSPS) is 13.5. The molecule has 1 aromatic heterocycles. The minimum absolute atomic E-state index is 0.0254. The van der Waals surface area contributed by atoms with Gasteiger partial charge in [0.2, 0.25) is 0 Å². The Bertz CT molecular complexity index is 991. The number of halogens is 4. The van der Waals surface area contributed by atoms with Gasteiger partial charge in [0.25, 0.3) is 5.91 Å². The first kappa shape index (κ1) is 23.9. The maximum atomic E-state index is 14.4. The van der Waals surface area contributed by atoms with E-state index in [0.717, 1.165) is 5.57 Å². The molecule has 0 saturated heterocycles. The van der Waals surface area contributed by atoms with Gasteiger partial charge in [-0.1, -0.05) is 12.1 Å². The van der Waals surface area contributed by atoms with Gasteiger partial charge in [-0.3, -0.25) is 10.2 Å². The average Bonchev–Trinajstić information content (AvgIpc) is 3.23. The number of hydrogen-bond acceptors (Lipinski definition) is 4. The SMILES string of the molecule is N=C(N)N1CC=C(c2ccc(NC(=O)c3cccs3)cc2F)CC1.O=C(O)C(F)(F)F. The van der Waals surface area contributed by atoms with Gasteiger partial charge in [-0.15, -0.1) is 11.3 Å². The molecule has 12 heteroatoms. The van der Waals surface area contributed by atoms with Gasteiger partial charge in [0.15, 0.2) is 5.96 Å². The van der Waals surface area contributed by atoms with Crippen LogP contribution in [0.5, 0.6) is 0 Å². The molecule has 2 aromatic rings. The van der Waals surface area contributed by atoms with Crippen molar-refractivity contribution in [1.82, 2.24) is 4.90 Å². The Morgan fingerprint density at radius 1 is 1.26 bits per heavy atom. The van der Waals surface area contributed by atoms with E-state index in [4.69, 9.17) is 21.0 Å². The molecular formula is C19H18F4N4O3S. The van der Waals surface area contributed by atoms with Crippen LogP contribution in [-0.4, -0.2) is 47.1 Å². The second-order valence-corrected chi connectivity index (χ2v) is 7.19. The number of alkyl halides is 3. The Balaban J connectivity index is 0.000000423. The van der Waals surface area contributed by atoms with E-state index in [9.17, 15) is 22.4 Å². The standard InChI is InChI=1S/C17H17FN4OS.C2HF3O2/c18-14-10-12(21-16(23)15-2-1-9-24-15)3-4-13(14)11-5-7-22(8-6-11)17(19)20;3-2(4,5)1(6)7/h1-5,9-10H,6-8H2,(H3,19,20)(H,21,23);(H,6,7). The zero-order chi connectivity index (χ0) is 23.2. The molecule has 0 spiro atoms. The Morgan fingerprint density at radius 2 is 1.94 bits per heavy atom. The lowest BCUT2D eigenvalue weighted by Gasteiger charge is -2.26. The lowest BCUT2D eigenvalue weighted by atomic mass is 9.98. The number of rotatable bonds is 3. The quantitative estimate of drug-likeness (QED) is 0.317. The molecule has 1 aromatic carbocycles. The number of nitrogens with zero attached hydrogens (tertiary/aromatic N) is 1. The van der Waals surface area contributed by atoms with Crippen molar-refractivity contribution >= 4 is 40.4 Å². The predicted molar refractivity (Wildman–Crippen MR) is 108 cm³/mol. The molecule has 31 heavy (non-hydrogen) atoms. The van der Waals surface area contributed by atoms with Gasteiger partial charge in [-0.05, 0) is 41.6 Å². The lowest BCUT2D eigenvalue weighted by Crippen LogP contribution is -2.39. The van der Waals surface area contributed by atoms with Crippen molar-refractivity contribution in [3.05, 3.63) is 58.0 Å². The summed E-state index contributed by atoms with van der Waals surface area (Å²) in [5.41, 5.74) is 7.29. The number of carbonyl (C=O) groups excluding carboxylic acids is 1. The van der Waals surface area contributed by atoms with Crippen LogP contribution in [-0.2, 0) is 4.79 Å². The van der Waals surface area contributed by atoms with Crippen LogP contribution in [0.3, 0.4) is 0 Å². The Kier molecular flexibility index (Phi) is 7.75. The largest absolute Gasteiger partial charge is 0.490 e. The Hall–Kier alpha value is -3.41. The highest BCUT2D eigenvalue weighted by Gasteiger charge is 2.38. The van der Waals surface area contributed by atoms with E-state index in [2.05, 4.69) is 5.32 Å². The van der Waals surface area contributed by atoms with Crippen LogP contribution in [0.4, 0.5) is 23.2 Å². The molecule has 5 N–H and O–H groups in total. The number of benzene rings is 1. The van der Waals surface area contributed by atoms with E-state index >= 15 is 0 Å². The Morgan fingerprint density at radius 3 is 2.39 bits per heavy atom. The number of amides is 1. The molecule has 3 rings (SSSR count). The predicted octanol–water partition coefficient (Wildman–Crippen LogP) is 3.76. The summed E-state index contributed by atoms with van der Waals surface area (Å²) in [6.07, 6.45) is -2.58. The van der Waals surface area contributed by atoms with Crippen LogP contribution in [0, 0.1) is 11.2 Å². The first-order chi connectivity index (χ1) is 14.5. The monoisotopic (exact) mass is 458 g/mol. The zero-order valence-corrected chi connectivity index (χ0v) is 16.7. The van der Waals surface area contributed by atoms with Crippen molar-refractivity contribution in [1.29, 1.82) is 5.41 Å². The van der Waals surface area contributed by atoms with E-state index in [1.54, 1.807) is 29.2 Å². The third-order valence-corrected chi connectivity index (χ3v) is 4.98. The van der Waals surface area contributed by atoms with Gasteiger partial charge in [-0.25, -0.2) is 9.18 Å². The summed E-state index contributed by atoms with van der Waals surface area (Å²) >= 11 is 1.34. The summed E-state index contributed by atoms with van der Waals surface area (Å²) in [6.45, 7) is 1.10. The van der Waals surface area contributed by atoms with Crippen LogP contribution in [0.25, 0.3) is 5.57 Å². The van der Waals surface area contributed by atoms with Gasteiger partial charge in [0, 0.05) is 24.3 Å². The fourth-order valence-electron chi connectivity index (χ4n) is 2.59. The molecule has 1 aliphatic rings. The molecular weight excluding hydrogens is 440 g/mol. The van der Waals surface area contributed by atoms with E-state index in [0.29, 0.717) is 35.6 Å². The molecule has 0 saturated carbocycles. The zero-order valence-electron chi connectivity index (χ0n) is 15.9. The number of carbonyl (C=O) groups is 2. The average molecular weight is 458 g/mol. The third kappa shape index (κ3) is 6.81. The first-order valence-electron chi connectivity index (χ1n) is 8.72. The van der Waals surface area contributed by atoms with Gasteiger partial charge in [-0.2, -0.15) is 13.2 Å². The van der Waals surface area contributed by atoms with Gasteiger partial charge in [0.1, 0.15) is 5.82 Å². The molecule has 0 bridgehead atoms. The smallest absolute Gasteiger partial charge is 0.475 e. The highest BCUT2D eigenvalue weighted by Crippen LogP contribution is 2.27. The number of guanidine groups is 1. The topological polar surface area (TPSA) is 120 Å². The number of nitrogens with one attached hydrogen (secondary N) is 2. The number of carboxylic acids is 1. The second-order valence-electron chi connectivity index (χ2n) is 6.24. The minimum Gasteiger partial charge on any atom is -0.475 e. The number of anilines is 1. The molecule has 0 radical (unpaired) electrons. The third-order valence-electron chi connectivity index (χ3n) is 4.11. The van der Waals surface area contributed by atoms with Crippen molar-refractivity contribution in [3.63, 3.8) is 0 Å². The number of thiophene rings is 1. The summed E-state index contributed by atoms with van der Waals surface area (Å²) < 4.78 is 46.1. The van der Waals surface area contributed by atoms with Crippen molar-refractivity contribution in [2.24, 2.45) is 5.73 Å². The molecule has 7 nitrogen and oxygen atoms in total. The lowest BCUT2D eigenvalue weighted by molar-refractivity contribution is -0.192. The van der Waals surface area contributed by atoms with Crippen LogP contribution in [0.15, 0.2) is 41.8 Å². The number of carboxylic acid groups (broad SMARTS) is 1. The van der Waals surface area contributed by atoms with Crippen LogP contribution >= 0.6 is 11.3 Å². The molecule has 0 atom stereocenters. The Labute approximate surface area is 178 Å². The summed E-state index contributed by atoms with van der Waals surface area (Å²) in [7, 11) is 0.